The highest BCUT2D eigenvalue weighted by Gasteiger charge is 2.51. The van der Waals surface area contributed by atoms with Crippen LogP contribution in [0.25, 0.3) is 0 Å². The fourth-order valence-electron chi connectivity index (χ4n) is 6.11. The molecule has 0 radical (unpaired) electrons. The number of esters is 1. The largest absolute Gasteiger partial charge is 0.482 e. The second kappa shape index (κ2) is 8.89. The number of para-hydroxylation sites is 1. The van der Waals surface area contributed by atoms with E-state index in [4.69, 9.17) is 9.47 Å². The number of urea groups is 1. The zero-order chi connectivity index (χ0) is 22.0. The highest BCUT2D eigenvalue weighted by molar-refractivity contribution is 5.95. The first-order chi connectivity index (χ1) is 14.8. The third-order valence-corrected chi connectivity index (χ3v) is 6.92. The van der Waals surface area contributed by atoms with Crippen LogP contribution in [0.5, 0.6) is 5.75 Å². The molecule has 5 rings (SSSR count). The number of ether oxygens (including phenoxy) is 2. The Hall–Kier alpha value is -2.57. The van der Waals surface area contributed by atoms with E-state index in [1.165, 1.54) is 19.3 Å². The molecule has 0 unspecified atom stereocenters. The SMILES string of the molecule is CC(C)c1ccccc1OCC(=O)OCC(=O)NC(=O)NC12CC3CC(CC(C3)C1)C2. The van der Waals surface area contributed by atoms with E-state index in [2.05, 4.69) is 10.6 Å². The lowest BCUT2D eigenvalue weighted by Crippen LogP contribution is -2.62. The average molecular weight is 429 g/mol. The van der Waals surface area contributed by atoms with Gasteiger partial charge in [0.15, 0.2) is 13.2 Å². The van der Waals surface area contributed by atoms with Crippen molar-refractivity contribution in [2.45, 2.75) is 63.8 Å². The molecular formula is C24H32N2O5. The van der Waals surface area contributed by atoms with Gasteiger partial charge in [-0.25, -0.2) is 9.59 Å². The second-order valence-corrected chi connectivity index (χ2v) is 9.84. The van der Waals surface area contributed by atoms with Crippen molar-refractivity contribution < 1.29 is 23.9 Å². The highest BCUT2D eigenvalue weighted by Crippen LogP contribution is 2.55. The molecule has 4 bridgehead atoms. The first-order valence-corrected chi connectivity index (χ1v) is 11.3. The third-order valence-electron chi connectivity index (χ3n) is 6.92. The number of hydrogen-bond donors (Lipinski definition) is 2. The topological polar surface area (TPSA) is 93.7 Å². The number of rotatable bonds is 7. The molecule has 0 saturated heterocycles. The molecule has 4 aliphatic carbocycles. The first kappa shape index (κ1) is 21.7. The molecule has 3 amide bonds. The van der Waals surface area contributed by atoms with Gasteiger partial charge in [-0.2, -0.15) is 0 Å². The third kappa shape index (κ3) is 5.20. The number of amides is 3. The standard InChI is InChI=1S/C24H32N2O5/c1-15(2)19-5-3-4-6-20(19)30-14-22(28)31-13-21(27)25-23(29)26-24-10-16-7-17(11-24)9-18(8-16)12-24/h3-6,15-18H,7-14H2,1-2H3,(H2,25,26,27,29). The van der Waals surface area contributed by atoms with Crippen LogP contribution in [0.15, 0.2) is 24.3 Å². The quantitative estimate of drug-likeness (QED) is 0.648. The molecule has 1 aromatic rings. The fraction of sp³-hybridized carbons (Fsp3) is 0.625. The second-order valence-electron chi connectivity index (χ2n) is 9.84. The summed E-state index contributed by atoms with van der Waals surface area (Å²) in [5, 5.41) is 5.37. The lowest BCUT2D eigenvalue weighted by Gasteiger charge is -2.56. The predicted octanol–water partition coefficient (Wildman–Crippen LogP) is 3.53. The van der Waals surface area contributed by atoms with Gasteiger partial charge in [0.1, 0.15) is 5.75 Å². The Morgan fingerprint density at radius 3 is 2.23 bits per heavy atom. The van der Waals surface area contributed by atoms with Gasteiger partial charge in [-0.1, -0.05) is 32.0 Å². The van der Waals surface area contributed by atoms with Crippen LogP contribution in [0.3, 0.4) is 0 Å². The van der Waals surface area contributed by atoms with E-state index in [1.807, 2.05) is 32.0 Å². The average Bonchev–Trinajstić information content (AvgIpc) is 2.69. The molecule has 4 fully saturated rings. The van der Waals surface area contributed by atoms with Crippen LogP contribution in [-0.2, 0) is 14.3 Å². The monoisotopic (exact) mass is 428 g/mol. The molecule has 7 nitrogen and oxygen atoms in total. The van der Waals surface area contributed by atoms with Crippen molar-refractivity contribution in [3.8, 4) is 5.75 Å². The summed E-state index contributed by atoms with van der Waals surface area (Å²) in [6.45, 7) is 3.28. The van der Waals surface area contributed by atoms with Crippen LogP contribution >= 0.6 is 0 Å². The molecular weight excluding hydrogens is 396 g/mol. The van der Waals surface area contributed by atoms with E-state index in [0.717, 1.165) is 24.8 Å². The van der Waals surface area contributed by atoms with Gasteiger partial charge in [-0.05, 0) is 73.8 Å². The zero-order valence-corrected chi connectivity index (χ0v) is 18.3. The molecule has 2 N–H and O–H groups in total. The van der Waals surface area contributed by atoms with Gasteiger partial charge in [0, 0.05) is 5.54 Å². The van der Waals surface area contributed by atoms with Crippen molar-refractivity contribution in [2.75, 3.05) is 13.2 Å². The van der Waals surface area contributed by atoms with E-state index >= 15 is 0 Å². The number of imide groups is 1. The summed E-state index contributed by atoms with van der Waals surface area (Å²) < 4.78 is 10.5. The molecule has 4 saturated carbocycles. The van der Waals surface area contributed by atoms with E-state index in [-0.39, 0.29) is 18.1 Å². The van der Waals surface area contributed by atoms with Crippen LogP contribution in [0, 0.1) is 17.8 Å². The molecule has 168 valence electrons. The smallest absolute Gasteiger partial charge is 0.344 e. The Balaban J connectivity index is 1.19. The van der Waals surface area contributed by atoms with Gasteiger partial charge in [-0.15, -0.1) is 0 Å². The number of nitrogens with one attached hydrogen (secondary N) is 2. The van der Waals surface area contributed by atoms with E-state index in [1.54, 1.807) is 6.07 Å². The summed E-state index contributed by atoms with van der Waals surface area (Å²) in [4.78, 5) is 36.4. The summed E-state index contributed by atoms with van der Waals surface area (Å²) in [6.07, 6.45) is 6.85. The number of benzene rings is 1. The van der Waals surface area contributed by atoms with Crippen LogP contribution in [-0.4, -0.2) is 36.7 Å². The van der Waals surface area contributed by atoms with E-state index < -0.39 is 24.5 Å². The molecule has 31 heavy (non-hydrogen) atoms. The summed E-state index contributed by atoms with van der Waals surface area (Å²) in [6, 6.07) is 7.00. The van der Waals surface area contributed by atoms with Gasteiger partial charge in [0.2, 0.25) is 0 Å². The fourth-order valence-corrected chi connectivity index (χ4v) is 6.11. The Kier molecular flexibility index (Phi) is 6.21. The minimum absolute atomic E-state index is 0.173. The van der Waals surface area contributed by atoms with Crippen molar-refractivity contribution >= 4 is 17.9 Å². The van der Waals surface area contributed by atoms with Gasteiger partial charge < -0.3 is 14.8 Å². The van der Waals surface area contributed by atoms with Gasteiger partial charge in [0.05, 0.1) is 0 Å². The van der Waals surface area contributed by atoms with Crippen LogP contribution in [0.4, 0.5) is 4.79 Å². The lowest BCUT2D eigenvalue weighted by molar-refractivity contribution is -0.150. The summed E-state index contributed by atoms with van der Waals surface area (Å²) >= 11 is 0. The van der Waals surface area contributed by atoms with E-state index in [9.17, 15) is 14.4 Å². The Morgan fingerprint density at radius 1 is 1.00 bits per heavy atom. The Morgan fingerprint density at radius 2 is 1.61 bits per heavy atom. The number of carbonyl (C=O) groups is 3. The van der Waals surface area contributed by atoms with Crippen molar-refractivity contribution in [1.29, 1.82) is 0 Å². The molecule has 0 aromatic heterocycles. The molecule has 0 spiro atoms. The van der Waals surface area contributed by atoms with Crippen molar-refractivity contribution in [2.24, 2.45) is 17.8 Å². The van der Waals surface area contributed by atoms with E-state index in [0.29, 0.717) is 23.5 Å². The minimum Gasteiger partial charge on any atom is -0.482 e. The number of carbonyl (C=O) groups excluding carboxylic acids is 3. The zero-order valence-electron chi connectivity index (χ0n) is 18.3. The first-order valence-electron chi connectivity index (χ1n) is 11.3. The molecule has 0 atom stereocenters. The van der Waals surface area contributed by atoms with Crippen LogP contribution in [0.1, 0.15) is 63.9 Å². The van der Waals surface area contributed by atoms with Gasteiger partial charge in [-0.3, -0.25) is 10.1 Å². The Bertz CT molecular complexity index is 815. The van der Waals surface area contributed by atoms with Crippen molar-refractivity contribution in [3.63, 3.8) is 0 Å². The molecule has 4 aliphatic rings. The molecule has 1 aromatic carbocycles. The number of hydrogen-bond acceptors (Lipinski definition) is 5. The molecule has 0 heterocycles. The van der Waals surface area contributed by atoms with Gasteiger partial charge in [0.25, 0.3) is 5.91 Å². The Labute approximate surface area is 183 Å². The lowest BCUT2D eigenvalue weighted by atomic mass is 9.53. The normalized spacial score (nSPS) is 28.3. The predicted molar refractivity (Wildman–Crippen MR) is 115 cm³/mol. The van der Waals surface area contributed by atoms with Gasteiger partial charge >= 0.3 is 12.0 Å². The van der Waals surface area contributed by atoms with Crippen molar-refractivity contribution in [1.82, 2.24) is 10.6 Å². The van der Waals surface area contributed by atoms with Crippen molar-refractivity contribution in [3.05, 3.63) is 29.8 Å². The summed E-state index contributed by atoms with van der Waals surface area (Å²) in [5.41, 5.74) is 0.822. The summed E-state index contributed by atoms with van der Waals surface area (Å²) in [7, 11) is 0. The molecule has 7 heteroatoms. The maximum Gasteiger partial charge on any atom is 0.344 e. The maximum atomic E-state index is 12.4. The minimum atomic E-state index is -0.657. The molecule has 0 aliphatic heterocycles. The maximum absolute atomic E-state index is 12.4. The summed E-state index contributed by atoms with van der Waals surface area (Å²) in [5.74, 6) is 1.67. The van der Waals surface area contributed by atoms with Crippen LogP contribution < -0.4 is 15.4 Å². The van der Waals surface area contributed by atoms with Crippen LogP contribution in [0.2, 0.25) is 0 Å². The highest BCUT2D eigenvalue weighted by atomic mass is 16.6.